The van der Waals surface area contributed by atoms with Gasteiger partial charge in [0, 0.05) is 5.88 Å². The van der Waals surface area contributed by atoms with Crippen LogP contribution in [0, 0.1) is 0 Å². The number of aliphatic hydroxyl groups excluding tert-OH is 1. The van der Waals surface area contributed by atoms with Crippen molar-refractivity contribution < 1.29 is 14.7 Å². The summed E-state index contributed by atoms with van der Waals surface area (Å²) in [5.74, 6) is -1.03. The van der Waals surface area contributed by atoms with Crippen molar-refractivity contribution in [3.63, 3.8) is 0 Å². The van der Waals surface area contributed by atoms with Gasteiger partial charge < -0.3 is 5.11 Å². The maximum Gasteiger partial charge on any atom is 0.261 e. The van der Waals surface area contributed by atoms with Crippen LogP contribution < -0.4 is 0 Å². The number of imide groups is 1. The molecule has 6 heteroatoms. The lowest BCUT2D eigenvalue weighted by atomic mass is 10.1. The van der Waals surface area contributed by atoms with E-state index in [1.807, 2.05) is 0 Å². The number of carbonyl (C=O) groups excluding carboxylic acids is 2. The number of aliphatic hydroxyl groups is 1. The van der Waals surface area contributed by atoms with Gasteiger partial charge in [0.05, 0.1) is 29.2 Å². The summed E-state index contributed by atoms with van der Waals surface area (Å²) >= 11 is 11.3. The summed E-state index contributed by atoms with van der Waals surface area (Å²) in [4.78, 5) is 25.2. The molecule has 1 aliphatic heterocycles. The van der Waals surface area contributed by atoms with Crippen LogP contribution in [0.15, 0.2) is 24.3 Å². The molecule has 0 spiro atoms. The molecule has 1 aromatic rings. The molecule has 1 aliphatic rings. The van der Waals surface area contributed by atoms with Gasteiger partial charge in [-0.2, -0.15) is 0 Å². The predicted molar refractivity (Wildman–Crippen MR) is 68.2 cm³/mol. The first-order chi connectivity index (χ1) is 8.61. The lowest BCUT2D eigenvalue weighted by Crippen LogP contribution is -2.48. The zero-order chi connectivity index (χ0) is 13.3. The van der Waals surface area contributed by atoms with Crippen LogP contribution >= 0.6 is 23.2 Å². The lowest BCUT2D eigenvalue weighted by Gasteiger charge is -2.27. The van der Waals surface area contributed by atoms with Crippen molar-refractivity contribution in [3.8, 4) is 0 Å². The smallest absolute Gasteiger partial charge is 0.261 e. The quantitative estimate of drug-likeness (QED) is 0.674. The van der Waals surface area contributed by atoms with Crippen molar-refractivity contribution in [2.45, 2.75) is 12.1 Å². The van der Waals surface area contributed by atoms with Crippen molar-refractivity contribution in [3.05, 3.63) is 35.4 Å². The second-order valence-corrected chi connectivity index (χ2v) is 4.59. The molecule has 96 valence electrons. The molecule has 0 radical (unpaired) electrons. The highest BCUT2D eigenvalue weighted by Gasteiger charge is 2.41. The van der Waals surface area contributed by atoms with E-state index in [0.29, 0.717) is 11.1 Å². The van der Waals surface area contributed by atoms with Gasteiger partial charge in [0.15, 0.2) is 0 Å². The van der Waals surface area contributed by atoms with Gasteiger partial charge in [-0.1, -0.05) is 12.1 Å². The number of hydrogen-bond donors (Lipinski definition) is 1. The van der Waals surface area contributed by atoms with Crippen LogP contribution in [0.3, 0.4) is 0 Å². The summed E-state index contributed by atoms with van der Waals surface area (Å²) < 4.78 is 0. The monoisotopic (exact) mass is 287 g/mol. The molecule has 1 heterocycles. The van der Waals surface area contributed by atoms with Gasteiger partial charge in [-0.15, -0.1) is 23.2 Å². The lowest BCUT2D eigenvalue weighted by molar-refractivity contribution is 0.0428. The van der Waals surface area contributed by atoms with Crippen LogP contribution in [0.2, 0.25) is 0 Å². The SMILES string of the molecule is O=C1c2ccccc2C(=O)N1[C@@H](CCl)[C@H](O)CCl. The third-order valence-corrected chi connectivity index (χ3v) is 3.55. The van der Waals surface area contributed by atoms with Crippen molar-refractivity contribution >= 4 is 35.0 Å². The first kappa shape index (κ1) is 13.3. The molecule has 0 saturated heterocycles. The van der Waals surface area contributed by atoms with Crippen molar-refractivity contribution in [1.29, 1.82) is 0 Å². The van der Waals surface area contributed by atoms with Crippen LogP contribution in [0.5, 0.6) is 0 Å². The highest BCUT2D eigenvalue weighted by Crippen LogP contribution is 2.26. The van der Waals surface area contributed by atoms with Gasteiger partial charge in [0.1, 0.15) is 0 Å². The van der Waals surface area contributed by atoms with Crippen LogP contribution in [-0.2, 0) is 0 Å². The maximum atomic E-state index is 12.1. The fourth-order valence-corrected chi connectivity index (χ4v) is 2.51. The normalized spacial score (nSPS) is 17.8. The number of amides is 2. The minimum absolute atomic E-state index is 0.0562. The number of fused-ring (bicyclic) bond motifs is 1. The van der Waals surface area contributed by atoms with Gasteiger partial charge in [-0.05, 0) is 12.1 Å². The largest absolute Gasteiger partial charge is 0.390 e. The van der Waals surface area contributed by atoms with Crippen molar-refractivity contribution in [2.75, 3.05) is 11.8 Å². The van der Waals surface area contributed by atoms with E-state index in [-0.39, 0.29) is 11.8 Å². The summed E-state index contributed by atoms with van der Waals surface area (Å²) in [7, 11) is 0. The molecule has 1 aromatic carbocycles. The third-order valence-electron chi connectivity index (χ3n) is 2.92. The molecule has 4 nitrogen and oxygen atoms in total. The van der Waals surface area contributed by atoms with E-state index in [2.05, 4.69) is 0 Å². The highest BCUT2D eigenvalue weighted by atomic mass is 35.5. The van der Waals surface area contributed by atoms with E-state index >= 15 is 0 Å². The zero-order valence-electron chi connectivity index (χ0n) is 9.35. The Labute approximate surface area is 114 Å². The maximum absolute atomic E-state index is 12.1. The predicted octanol–water partition coefficient (Wildman–Crippen LogP) is 1.49. The number of alkyl halides is 2. The van der Waals surface area contributed by atoms with E-state index in [1.165, 1.54) is 0 Å². The number of hydrogen-bond acceptors (Lipinski definition) is 3. The molecule has 2 amide bonds. The van der Waals surface area contributed by atoms with Crippen LogP contribution in [0.25, 0.3) is 0 Å². The molecule has 0 unspecified atom stereocenters. The standard InChI is InChI=1S/C12H11Cl2NO3/c13-5-9(10(16)6-14)15-11(17)7-3-1-2-4-8(7)12(15)18/h1-4,9-10,16H,5-6H2/t9-,10+/m0/s1. The molecule has 0 aromatic heterocycles. The number of nitrogens with zero attached hydrogens (tertiary/aromatic N) is 1. The summed E-state index contributed by atoms with van der Waals surface area (Å²) in [5.41, 5.74) is 0.666. The topological polar surface area (TPSA) is 57.6 Å². The fourth-order valence-electron chi connectivity index (χ4n) is 1.96. The van der Waals surface area contributed by atoms with Gasteiger partial charge in [0.25, 0.3) is 11.8 Å². The Balaban J connectivity index is 2.38. The van der Waals surface area contributed by atoms with E-state index in [1.54, 1.807) is 24.3 Å². The minimum atomic E-state index is -1.04. The van der Waals surface area contributed by atoms with Gasteiger partial charge in [-0.25, -0.2) is 0 Å². The molecular formula is C12H11Cl2NO3. The molecular weight excluding hydrogens is 277 g/mol. The van der Waals surface area contributed by atoms with Crippen LogP contribution in [0.1, 0.15) is 20.7 Å². The Bertz CT molecular complexity index is 457. The number of rotatable bonds is 4. The van der Waals surface area contributed by atoms with Gasteiger partial charge in [0.2, 0.25) is 0 Å². The van der Waals surface area contributed by atoms with Crippen molar-refractivity contribution in [1.82, 2.24) is 4.90 Å². The summed E-state index contributed by atoms with van der Waals surface area (Å²) in [6, 6.07) is 5.71. The molecule has 0 fully saturated rings. The third kappa shape index (κ3) is 2.00. The number of halogens is 2. The molecule has 2 atom stereocenters. The first-order valence-corrected chi connectivity index (χ1v) is 6.45. The van der Waals surface area contributed by atoms with Crippen LogP contribution in [0.4, 0.5) is 0 Å². The van der Waals surface area contributed by atoms with E-state index in [4.69, 9.17) is 23.2 Å². The molecule has 2 rings (SSSR count). The molecule has 0 aliphatic carbocycles. The molecule has 1 N–H and O–H groups in total. The second kappa shape index (κ2) is 5.26. The Morgan fingerprint density at radius 3 is 1.94 bits per heavy atom. The van der Waals surface area contributed by atoms with Crippen LogP contribution in [-0.4, -0.2) is 45.7 Å². The number of carbonyl (C=O) groups is 2. The Hall–Kier alpha value is -1.10. The highest BCUT2D eigenvalue weighted by molar-refractivity contribution is 6.23. The Kier molecular flexibility index (Phi) is 3.90. The minimum Gasteiger partial charge on any atom is -0.390 e. The Morgan fingerprint density at radius 1 is 1.06 bits per heavy atom. The zero-order valence-corrected chi connectivity index (χ0v) is 10.9. The average molecular weight is 288 g/mol. The molecule has 18 heavy (non-hydrogen) atoms. The average Bonchev–Trinajstić information content (AvgIpc) is 2.65. The van der Waals surface area contributed by atoms with Gasteiger partial charge >= 0.3 is 0 Å². The second-order valence-electron chi connectivity index (χ2n) is 3.97. The summed E-state index contributed by atoms with van der Waals surface area (Å²) in [6.45, 7) is 0. The fraction of sp³-hybridized carbons (Fsp3) is 0.333. The first-order valence-electron chi connectivity index (χ1n) is 5.38. The van der Waals surface area contributed by atoms with Crippen molar-refractivity contribution in [2.24, 2.45) is 0 Å². The van der Waals surface area contributed by atoms with E-state index in [0.717, 1.165) is 4.90 Å². The molecule has 0 saturated carbocycles. The van der Waals surface area contributed by atoms with Gasteiger partial charge in [-0.3, -0.25) is 14.5 Å². The molecule has 0 bridgehead atoms. The van der Waals surface area contributed by atoms with E-state index in [9.17, 15) is 14.7 Å². The summed E-state index contributed by atoms with van der Waals surface area (Å²) in [6.07, 6.45) is -1.04. The summed E-state index contributed by atoms with van der Waals surface area (Å²) in [5, 5.41) is 9.73. The Morgan fingerprint density at radius 2 is 1.56 bits per heavy atom. The number of benzene rings is 1. The van der Waals surface area contributed by atoms with E-state index < -0.39 is 24.0 Å².